The van der Waals surface area contributed by atoms with E-state index in [4.69, 9.17) is 27.9 Å². The van der Waals surface area contributed by atoms with Crippen LogP contribution in [-0.2, 0) is 4.74 Å². The van der Waals surface area contributed by atoms with Crippen molar-refractivity contribution >= 4 is 28.9 Å². The molecule has 2 nitrogen and oxygen atoms in total. The lowest BCUT2D eigenvalue weighted by Crippen LogP contribution is -2.12. The molecule has 0 aliphatic carbocycles. The first-order chi connectivity index (χ1) is 8.00. The van der Waals surface area contributed by atoms with Crippen molar-refractivity contribution in [3.63, 3.8) is 0 Å². The van der Waals surface area contributed by atoms with Gasteiger partial charge in [0.1, 0.15) is 5.82 Å². The van der Waals surface area contributed by atoms with E-state index in [9.17, 15) is 4.39 Å². The van der Waals surface area contributed by atoms with Crippen LogP contribution >= 0.6 is 23.2 Å². The highest BCUT2D eigenvalue weighted by Crippen LogP contribution is 2.30. The van der Waals surface area contributed by atoms with E-state index in [1.54, 1.807) is 0 Å². The number of anilines is 1. The third-order valence-corrected chi connectivity index (χ3v) is 2.60. The van der Waals surface area contributed by atoms with Gasteiger partial charge >= 0.3 is 0 Å². The summed E-state index contributed by atoms with van der Waals surface area (Å²) in [6.45, 7) is 6.02. The summed E-state index contributed by atoms with van der Waals surface area (Å²) in [5, 5.41) is 3.58. The van der Waals surface area contributed by atoms with E-state index < -0.39 is 5.82 Å². The molecular weight excluding hydrogens is 264 g/mol. The summed E-state index contributed by atoms with van der Waals surface area (Å²) in [4.78, 5) is 0. The molecular formula is C12H16Cl2FNO. The molecule has 1 aromatic rings. The van der Waals surface area contributed by atoms with E-state index in [0.29, 0.717) is 31.4 Å². The minimum Gasteiger partial charge on any atom is -0.380 e. The second kappa shape index (κ2) is 7.04. The first-order valence-electron chi connectivity index (χ1n) is 5.47. The zero-order valence-corrected chi connectivity index (χ0v) is 11.4. The van der Waals surface area contributed by atoms with Gasteiger partial charge in [-0.3, -0.25) is 0 Å². The second-order valence-electron chi connectivity index (χ2n) is 4.14. The molecule has 0 aliphatic rings. The number of benzene rings is 1. The van der Waals surface area contributed by atoms with Gasteiger partial charge in [-0.1, -0.05) is 37.0 Å². The largest absolute Gasteiger partial charge is 0.380 e. The molecule has 96 valence electrons. The van der Waals surface area contributed by atoms with Crippen molar-refractivity contribution in [1.29, 1.82) is 0 Å². The van der Waals surface area contributed by atoms with Gasteiger partial charge in [0.25, 0.3) is 0 Å². The number of hydrogen-bond donors (Lipinski definition) is 1. The molecule has 0 aliphatic heterocycles. The highest BCUT2D eigenvalue weighted by Gasteiger charge is 2.07. The lowest BCUT2D eigenvalue weighted by atomic mass is 10.2. The highest BCUT2D eigenvalue weighted by molar-refractivity contribution is 6.39. The molecule has 0 amide bonds. The molecule has 0 unspecified atom stereocenters. The monoisotopic (exact) mass is 279 g/mol. The van der Waals surface area contributed by atoms with Crippen LogP contribution in [0.5, 0.6) is 0 Å². The fraction of sp³-hybridized carbons (Fsp3) is 0.500. The molecule has 5 heteroatoms. The van der Waals surface area contributed by atoms with Crippen molar-refractivity contribution in [2.45, 2.75) is 13.8 Å². The number of nitrogens with one attached hydrogen (secondary N) is 1. The molecule has 0 bridgehead atoms. The summed E-state index contributed by atoms with van der Waals surface area (Å²) in [5.41, 5.74) is 0.544. The Hall–Kier alpha value is -0.510. The lowest BCUT2D eigenvalue weighted by Gasteiger charge is -2.11. The van der Waals surface area contributed by atoms with Crippen molar-refractivity contribution in [3.05, 3.63) is 28.0 Å². The molecule has 1 N–H and O–H groups in total. The van der Waals surface area contributed by atoms with Crippen LogP contribution in [0.15, 0.2) is 12.1 Å². The number of rotatable bonds is 6. The van der Waals surface area contributed by atoms with Crippen LogP contribution < -0.4 is 5.32 Å². The van der Waals surface area contributed by atoms with Crippen LogP contribution in [0.25, 0.3) is 0 Å². The van der Waals surface area contributed by atoms with Crippen molar-refractivity contribution < 1.29 is 9.13 Å². The van der Waals surface area contributed by atoms with Gasteiger partial charge in [-0.25, -0.2) is 4.39 Å². The zero-order chi connectivity index (χ0) is 12.8. The number of ether oxygens (including phenoxy) is 1. The molecule has 17 heavy (non-hydrogen) atoms. The van der Waals surface area contributed by atoms with Gasteiger partial charge in [0.05, 0.1) is 22.3 Å². The Bertz CT molecular complexity index is 349. The Morgan fingerprint density at radius 3 is 2.41 bits per heavy atom. The minimum atomic E-state index is -0.443. The fourth-order valence-electron chi connectivity index (χ4n) is 1.28. The van der Waals surface area contributed by atoms with Crippen molar-refractivity contribution in [3.8, 4) is 0 Å². The second-order valence-corrected chi connectivity index (χ2v) is 4.95. The Labute approximate surface area is 111 Å². The van der Waals surface area contributed by atoms with E-state index in [-0.39, 0.29) is 10.0 Å². The quantitative estimate of drug-likeness (QED) is 0.788. The predicted molar refractivity (Wildman–Crippen MR) is 70.6 cm³/mol. The molecule has 0 aromatic heterocycles. The van der Waals surface area contributed by atoms with Gasteiger partial charge in [0.15, 0.2) is 0 Å². The zero-order valence-electron chi connectivity index (χ0n) is 9.90. The van der Waals surface area contributed by atoms with E-state index in [1.165, 1.54) is 12.1 Å². The normalized spacial score (nSPS) is 10.9. The van der Waals surface area contributed by atoms with Gasteiger partial charge in [-0.2, -0.15) is 0 Å². The Morgan fingerprint density at radius 1 is 1.29 bits per heavy atom. The van der Waals surface area contributed by atoms with E-state index in [1.807, 2.05) is 0 Å². The van der Waals surface area contributed by atoms with Crippen LogP contribution in [-0.4, -0.2) is 19.8 Å². The van der Waals surface area contributed by atoms with Gasteiger partial charge in [-0.05, 0) is 18.1 Å². The molecule has 0 saturated heterocycles. The SMILES string of the molecule is CC(C)COCCNc1c(Cl)cc(F)cc1Cl. The van der Waals surface area contributed by atoms with Crippen LogP contribution in [0.2, 0.25) is 10.0 Å². The van der Waals surface area contributed by atoms with Gasteiger partial charge in [0, 0.05) is 13.2 Å². The number of hydrogen-bond acceptors (Lipinski definition) is 2. The molecule has 0 fully saturated rings. The van der Waals surface area contributed by atoms with Crippen LogP contribution in [0.1, 0.15) is 13.8 Å². The van der Waals surface area contributed by atoms with E-state index >= 15 is 0 Å². The van der Waals surface area contributed by atoms with E-state index in [2.05, 4.69) is 19.2 Å². The highest BCUT2D eigenvalue weighted by atomic mass is 35.5. The molecule has 1 aromatic carbocycles. The van der Waals surface area contributed by atoms with Gasteiger partial charge in [0.2, 0.25) is 0 Å². The first-order valence-corrected chi connectivity index (χ1v) is 6.22. The van der Waals surface area contributed by atoms with Gasteiger partial charge < -0.3 is 10.1 Å². The number of halogens is 3. The summed E-state index contributed by atoms with van der Waals surface area (Å²) >= 11 is 11.7. The topological polar surface area (TPSA) is 21.3 Å². The Morgan fingerprint density at radius 2 is 1.88 bits per heavy atom. The Kier molecular flexibility index (Phi) is 6.03. The molecule has 0 heterocycles. The molecule has 0 atom stereocenters. The standard InChI is InChI=1S/C12H16Cl2FNO/c1-8(2)7-17-4-3-16-12-10(13)5-9(15)6-11(12)14/h5-6,8,16H,3-4,7H2,1-2H3. The maximum Gasteiger partial charge on any atom is 0.126 e. The van der Waals surface area contributed by atoms with Crippen LogP contribution in [0.3, 0.4) is 0 Å². The van der Waals surface area contributed by atoms with Crippen molar-refractivity contribution in [2.24, 2.45) is 5.92 Å². The van der Waals surface area contributed by atoms with Crippen molar-refractivity contribution in [1.82, 2.24) is 0 Å². The maximum atomic E-state index is 12.9. The fourth-order valence-corrected chi connectivity index (χ4v) is 1.87. The van der Waals surface area contributed by atoms with E-state index in [0.717, 1.165) is 0 Å². The molecule has 0 saturated carbocycles. The van der Waals surface area contributed by atoms with Crippen LogP contribution in [0.4, 0.5) is 10.1 Å². The smallest absolute Gasteiger partial charge is 0.126 e. The lowest BCUT2D eigenvalue weighted by molar-refractivity contribution is 0.118. The van der Waals surface area contributed by atoms with Crippen LogP contribution in [0, 0.1) is 11.7 Å². The van der Waals surface area contributed by atoms with Gasteiger partial charge in [-0.15, -0.1) is 0 Å². The Balaban J connectivity index is 2.42. The molecule has 0 radical (unpaired) electrons. The summed E-state index contributed by atoms with van der Waals surface area (Å²) < 4.78 is 18.3. The third-order valence-electron chi connectivity index (χ3n) is 2.01. The maximum absolute atomic E-state index is 12.9. The molecule has 0 spiro atoms. The summed E-state index contributed by atoms with van der Waals surface area (Å²) in [5.74, 6) is 0.0644. The minimum absolute atomic E-state index is 0.277. The first kappa shape index (κ1) is 14.6. The predicted octanol–water partition coefficient (Wildman–Crippen LogP) is 4.22. The summed E-state index contributed by atoms with van der Waals surface area (Å²) in [6.07, 6.45) is 0. The molecule has 1 rings (SSSR count). The average Bonchev–Trinajstić information content (AvgIpc) is 2.20. The summed E-state index contributed by atoms with van der Waals surface area (Å²) in [6, 6.07) is 2.45. The third kappa shape index (κ3) is 5.11. The van der Waals surface area contributed by atoms with Crippen molar-refractivity contribution in [2.75, 3.05) is 25.1 Å². The average molecular weight is 280 g/mol. The summed E-state index contributed by atoms with van der Waals surface area (Å²) in [7, 11) is 0.